The van der Waals surface area contributed by atoms with E-state index >= 15 is 0 Å². The monoisotopic (exact) mass is 452 g/mol. The Bertz CT molecular complexity index is 1300. The standard InChI is InChI=1S/C22H22N5O4P/c1-30-10-11-31-21-25-19(23)18-20(26-21)27(22(28)24-18)13-15-6-5-7-16(12-15)14-32(29)17-8-3-2-4-9-17/h2-9,12H,10-11,13-14H2,1H3,(H2-,23,24,25,26,28)/p+1. The van der Waals surface area contributed by atoms with Gasteiger partial charge in [0, 0.05) is 12.7 Å². The summed E-state index contributed by atoms with van der Waals surface area (Å²) >= 11 is 0. The Morgan fingerprint density at radius 3 is 2.62 bits per heavy atom. The first-order valence-corrected chi connectivity index (χ1v) is 11.4. The Hall–Kier alpha value is -3.55. The van der Waals surface area contributed by atoms with Crippen LogP contribution in [0.4, 0.5) is 5.82 Å². The lowest BCUT2D eigenvalue weighted by Gasteiger charge is -2.07. The molecular weight excluding hydrogens is 429 g/mol. The zero-order valence-electron chi connectivity index (χ0n) is 17.5. The zero-order chi connectivity index (χ0) is 22.5. The van der Waals surface area contributed by atoms with Crippen LogP contribution in [-0.4, -0.2) is 39.8 Å². The topological polar surface area (TPSA) is 125 Å². The van der Waals surface area contributed by atoms with Crippen LogP contribution in [0, 0.1) is 0 Å². The Morgan fingerprint density at radius 2 is 1.84 bits per heavy atom. The number of aromatic nitrogens is 4. The van der Waals surface area contributed by atoms with Crippen molar-refractivity contribution in [3.8, 4) is 6.01 Å². The molecule has 32 heavy (non-hydrogen) atoms. The predicted molar refractivity (Wildman–Crippen MR) is 123 cm³/mol. The van der Waals surface area contributed by atoms with E-state index in [1.54, 1.807) is 7.11 Å². The molecule has 4 rings (SSSR count). The lowest BCUT2D eigenvalue weighted by atomic mass is 10.1. The zero-order valence-corrected chi connectivity index (χ0v) is 18.4. The van der Waals surface area contributed by atoms with Crippen LogP contribution in [0.25, 0.3) is 11.2 Å². The van der Waals surface area contributed by atoms with Gasteiger partial charge in [0.15, 0.2) is 22.9 Å². The second kappa shape index (κ2) is 9.72. The molecule has 2 aromatic carbocycles. The molecular formula is C22H23N5O4P+. The second-order valence-corrected chi connectivity index (χ2v) is 8.73. The maximum absolute atomic E-state index is 12.7. The number of ether oxygens (including phenoxy) is 2. The normalized spacial score (nSPS) is 11.6. The van der Waals surface area contributed by atoms with Gasteiger partial charge in [0.2, 0.25) is 0 Å². The number of imidazole rings is 1. The van der Waals surface area contributed by atoms with Crippen molar-refractivity contribution in [3.63, 3.8) is 0 Å². The molecule has 0 aliphatic rings. The van der Waals surface area contributed by atoms with Crippen molar-refractivity contribution in [3.05, 3.63) is 76.2 Å². The number of hydrogen-bond donors (Lipinski definition) is 2. The van der Waals surface area contributed by atoms with Crippen molar-refractivity contribution in [2.45, 2.75) is 12.7 Å². The quantitative estimate of drug-likeness (QED) is 0.295. The Morgan fingerprint density at radius 1 is 1.06 bits per heavy atom. The fraction of sp³-hybridized carbons (Fsp3) is 0.227. The van der Waals surface area contributed by atoms with Crippen LogP contribution in [0.1, 0.15) is 11.1 Å². The molecule has 2 heterocycles. The maximum Gasteiger partial charge on any atom is 0.381 e. The summed E-state index contributed by atoms with van der Waals surface area (Å²) < 4.78 is 24.6. The highest BCUT2D eigenvalue weighted by atomic mass is 31.1. The van der Waals surface area contributed by atoms with Crippen LogP contribution >= 0.6 is 7.80 Å². The highest BCUT2D eigenvalue weighted by Gasteiger charge is 2.20. The Balaban J connectivity index is 1.59. The maximum atomic E-state index is 12.7. The fourth-order valence-corrected chi connectivity index (χ4v) is 4.53. The van der Waals surface area contributed by atoms with Crippen molar-refractivity contribution in [1.82, 2.24) is 19.5 Å². The average Bonchev–Trinajstić information content (AvgIpc) is 3.11. The summed E-state index contributed by atoms with van der Waals surface area (Å²) in [6, 6.07) is 17.1. The van der Waals surface area contributed by atoms with Gasteiger partial charge in [0.05, 0.1) is 13.2 Å². The molecule has 3 N–H and O–H groups in total. The fourth-order valence-electron chi connectivity index (χ4n) is 3.32. The molecule has 0 fully saturated rings. The summed E-state index contributed by atoms with van der Waals surface area (Å²) in [4.78, 5) is 23.7. The van der Waals surface area contributed by atoms with E-state index < -0.39 is 7.80 Å². The van der Waals surface area contributed by atoms with E-state index in [9.17, 15) is 9.36 Å². The molecule has 2 aromatic heterocycles. The van der Waals surface area contributed by atoms with E-state index in [-0.39, 0.29) is 30.7 Å². The number of nitrogens with one attached hydrogen (secondary N) is 1. The molecule has 0 spiro atoms. The van der Waals surface area contributed by atoms with E-state index in [0.29, 0.717) is 23.9 Å². The van der Waals surface area contributed by atoms with Crippen molar-refractivity contribution >= 4 is 30.1 Å². The molecule has 1 atom stereocenters. The highest BCUT2D eigenvalue weighted by Crippen LogP contribution is 2.26. The van der Waals surface area contributed by atoms with E-state index in [2.05, 4.69) is 15.0 Å². The van der Waals surface area contributed by atoms with Gasteiger partial charge in [0.25, 0.3) is 0 Å². The second-order valence-electron chi connectivity index (χ2n) is 7.14. The molecule has 0 saturated heterocycles. The first-order valence-electron chi connectivity index (χ1n) is 10.0. The van der Waals surface area contributed by atoms with Gasteiger partial charge >= 0.3 is 19.5 Å². The first-order chi connectivity index (χ1) is 15.5. The third kappa shape index (κ3) is 4.85. The number of nitrogens with zero attached hydrogens (tertiary/aromatic N) is 3. The van der Waals surface area contributed by atoms with Crippen LogP contribution in [0.5, 0.6) is 6.01 Å². The van der Waals surface area contributed by atoms with Crippen LogP contribution in [0.3, 0.4) is 0 Å². The van der Waals surface area contributed by atoms with Gasteiger partial charge in [-0.1, -0.05) is 41.0 Å². The average molecular weight is 452 g/mol. The Kier molecular flexibility index (Phi) is 6.58. The summed E-state index contributed by atoms with van der Waals surface area (Å²) in [7, 11) is 0.0116. The number of rotatable bonds is 9. The smallest absolute Gasteiger partial charge is 0.381 e. The number of anilines is 1. The summed E-state index contributed by atoms with van der Waals surface area (Å²) in [5.41, 5.74) is 8.16. The number of nitrogens with two attached hydrogens (primary N) is 1. The minimum absolute atomic E-state index is 0.0772. The summed E-state index contributed by atoms with van der Waals surface area (Å²) in [6.45, 7) is 0.903. The van der Waals surface area contributed by atoms with Crippen molar-refractivity contribution < 1.29 is 14.0 Å². The van der Waals surface area contributed by atoms with E-state index in [4.69, 9.17) is 15.2 Å². The van der Waals surface area contributed by atoms with E-state index in [1.165, 1.54) is 4.57 Å². The molecule has 0 aliphatic heterocycles. The van der Waals surface area contributed by atoms with Crippen molar-refractivity contribution in [2.24, 2.45) is 0 Å². The molecule has 164 valence electrons. The number of aromatic amines is 1. The van der Waals surface area contributed by atoms with Crippen molar-refractivity contribution in [1.29, 1.82) is 0 Å². The van der Waals surface area contributed by atoms with Crippen LogP contribution in [0.15, 0.2) is 59.4 Å². The van der Waals surface area contributed by atoms with Crippen molar-refractivity contribution in [2.75, 3.05) is 26.1 Å². The van der Waals surface area contributed by atoms with Crippen LogP contribution in [-0.2, 0) is 22.0 Å². The van der Waals surface area contributed by atoms with Gasteiger partial charge in [-0.05, 0) is 23.8 Å². The number of nitrogen functional groups attached to an aromatic ring is 1. The summed E-state index contributed by atoms with van der Waals surface area (Å²) in [5, 5.41) is 0.814. The van der Waals surface area contributed by atoms with Crippen LogP contribution in [0.2, 0.25) is 0 Å². The van der Waals surface area contributed by atoms with E-state index in [0.717, 1.165) is 16.4 Å². The molecule has 0 saturated carbocycles. The summed E-state index contributed by atoms with van der Waals surface area (Å²) in [6.07, 6.45) is 0.419. The first kappa shape index (κ1) is 21.7. The number of benzene rings is 2. The predicted octanol–water partition coefficient (Wildman–Crippen LogP) is 2.43. The number of fused-ring (bicyclic) bond motifs is 1. The van der Waals surface area contributed by atoms with Crippen LogP contribution < -0.4 is 21.5 Å². The number of methoxy groups -OCH3 is 1. The molecule has 10 heteroatoms. The lowest BCUT2D eigenvalue weighted by molar-refractivity contribution is 0.141. The third-order valence-electron chi connectivity index (χ3n) is 4.85. The molecule has 9 nitrogen and oxygen atoms in total. The third-order valence-corrected chi connectivity index (χ3v) is 6.38. The van der Waals surface area contributed by atoms with Gasteiger partial charge in [-0.15, -0.1) is 0 Å². The lowest BCUT2D eigenvalue weighted by Crippen LogP contribution is -2.18. The molecule has 0 radical (unpaired) electrons. The Labute approximate surface area is 185 Å². The highest BCUT2D eigenvalue weighted by molar-refractivity contribution is 7.52. The molecule has 0 bridgehead atoms. The SMILES string of the molecule is COCCOc1nc(N)c2[nH]c(=O)n(Cc3cccc(C[P+](=O)c4ccccc4)c3)c2n1. The molecule has 0 aliphatic carbocycles. The van der Waals surface area contributed by atoms with E-state index in [1.807, 2.05) is 54.6 Å². The number of H-pyrrole nitrogens is 1. The minimum atomic E-state index is -1.55. The number of hydrogen-bond acceptors (Lipinski definition) is 7. The molecule has 1 unspecified atom stereocenters. The van der Waals surface area contributed by atoms with Gasteiger partial charge in [-0.2, -0.15) is 9.97 Å². The summed E-state index contributed by atoms with van der Waals surface area (Å²) in [5.74, 6) is 0.131. The molecule has 4 aromatic rings. The van der Waals surface area contributed by atoms with Gasteiger partial charge in [-0.25, -0.2) is 4.79 Å². The minimum Gasteiger partial charge on any atom is -0.461 e. The van der Waals surface area contributed by atoms with Gasteiger partial charge in [0.1, 0.15) is 12.1 Å². The molecule has 0 amide bonds. The largest absolute Gasteiger partial charge is 0.461 e. The van der Waals surface area contributed by atoms with Gasteiger partial charge in [-0.3, -0.25) is 4.57 Å². The van der Waals surface area contributed by atoms with Gasteiger partial charge < -0.3 is 20.2 Å².